The molecule has 0 bridgehead atoms. The highest BCUT2D eigenvalue weighted by atomic mass is 16.5. The average Bonchev–Trinajstić information content (AvgIpc) is 2.28. The lowest BCUT2D eigenvalue weighted by Crippen LogP contribution is -2.14. The molecule has 0 aliphatic carbocycles. The van der Waals surface area contributed by atoms with E-state index in [4.69, 9.17) is 4.74 Å². The van der Waals surface area contributed by atoms with Crippen LogP contribution in [0.5, 0.6) is 0 Å². The Balaban J connectivity index is 4.28. The molecule has 0 spiro atoms. The summed E-state index contributed by atoms with van der Waals surface area (Å²) in [4.78, 5) is 11.7. The molecule has 2 heteroatoms. The first-order valence-corrected chi connectivity index (χ1v) is 7.05. The van der Waals surface area contributed by atoms with Crippen molar-refractivity contribution < 1.29 is 9.53 Å². The van der Waals surface area contributed by atoms with Crippen molar-refractivity contribution in [2.24, 2.45) is 0 Å². The number of ether oxygens (including phenoxy) is 1. The van der Waals surface area contributed by atoms with Crippen LogP contribution in [-0.4, -0.2) is 12.1 Å². The molecule has 0 heterocycles. The average molecular weight is 264 g/mol. The fraction of sp³-hybridized carbons (Fsp3) is 0.588. The SMILES string of the molecule is CC/C=C(\C)C(=O)OC(C)/C=C(\C)CCC=C(C)C. The van der Waals surface area contributed by atoms with E-state index in [1.807, 2.05) is 26.0 Å². The van der Waals surface area contributed by atoms with Crippen LogP contribution in [0.25, 0.3) is 0 Å². The molecule has 0 aromatic carbocycles. The van der Waals surface area contributed by atoms with E-state index < -0.39 is 0 Å². The minimum Gasteiger partial charge on any atom is -0.455 e. The quantitative estimate of drug-likeness (QED) is 0.369. The Morgan fingerprint density at radius 2 is 1.79 bits per heavy atom. The van der Waals surface area contributed by atoms with Crippen LogP contribution in [0.3, 0.4) is 0 Å². The predicted octanol–water partition coefficient (Wildman–Crippen LogP) is 4.97. The predicted molar refractivity (Wildman–Crippen MR) is 82.0 cm³/mol. The highest BCUT2D eigenvalue weighted by Gasteiger charge is 2.09. The Morgan fingerprint density at radius 3 is 2.32 bits per heavy atom. The molecule has 0 rings (SSSR count). The Labute approximate surface area is 118 Å². The van der Waals surface area contributed by atoms with Crippen molar-refractivity contribution in [2.45, 2.75) is 66.9 Å². The number of hydrogen-bond donors (Lipinski definition) is 0. The minimum absolute atomic E-state index is 0.167. The van der Waals surface area contributed by atoms with Gasteiger partial charge in [0.05, 0.1) is 0 Å². The first-order chi connectivity index (χ1) is 8.86. The largest absolute Gasteiger partial charge is 0.455 e. The molecule has 108 valence electrons. The third-order valence-corrected chi connectivity index (χ3v) is 2.74. The van der Waals surface area contributed by atoms with E-state index in [1.165, 1.54) is 11.1 Å². The van der Waals surface area contributed by atoms with Crippen molar-refractivity contribution in [3.63, 3.8) is 0 Å². The van der Waals surface area contributed by atoms with E-state index in [-0.39, 0.29) is 12.1 Å². The molecule has 0 saturated heterocycles. The summed E-state index contributed by atoms with van der Waals surface area (Å²) >= 11 is 0. The molecule has 0 amide bonds. The van der Waals surface area contributed by atoms with Crippen LogP contribution in [0, 0.1) is 0 Å². The lowest BCUT2D eigenvalue weighted by atomic mass is 10.1. The summed E-state index contributed by atoms with van der Waals surface area (Å²) in [7, 11) is 0. The highest BCUT2D eigenvalue weighted by Crippen LogP contribution is 2.10. The van der Waals surface area contributed by atoms with Gasteiger partial charge in [-0.1, -0.05) is 30.2 Å². The van der Waals surface area contributed by atoms with Crippen LogP contribution < -0.4 is 0 Å². The number of carbonyl (C=O) groups excluding carboxylic acids is 1. The van der Waals surface area contributed by atoms with Crippen molar-refractivity contribution in [3.05, 3.63) is 34.9 Å². The van der Waals surface area contributed by atoms with Crippen LogP contribution in [0.15, 0.2) is 34.9 Å². The summed E-state index contributed by atoms with van der Waals surface area (Å²) in [5, 5.41) is 0. The zero-order valence-corrected chi connectivity index (χ0v) is 13.2. The molecular weight excluding hydrogens is 236 g/mol. The van der Waals surface area contributed by atoms with Crippen molar-refractivity contribution in [2.75, 3.05) is 0 Å². The van der Waals surface area contributed by atoms with Gasteiger partial charge in [0.15, 0.2) is 0 Å². The summed E-state index contributed by atoms with van der Waals surface area (Å²) in [5.41, 5.74) is 3.28. The van der Waals surface area contributed by atoms with Gasteiger partial charge in [0.1, 0.15) is 6.10 Å². The van der Waals surface area contributed by atoms with E-state index >= 15 is 0 Å². The summed E-state index contributed by atoms with van der Waals surface area (Å²) in [6.07, 6.45) is 8.88. The molecule has 0 aliphatic rings. The lowest BCUT2D eigenvalue weighted by Gasteiger charge is -2.11. The van der Waals surface area contributed by atoms with Crippen molar-refractivity contribution in [1.29, 1.82) is 0 Å². The molecule has 0 fully saturated rings. The summed E-state index contributed by atoms with van der Waals surface area (Å²) in [6.45, 7) is 12.0. The Hall–Kier alpha value is -1.31. The summed E-state index contributed by atoms with van der Waals surface area (Å²) in [5.74, 6) is -0.220. The number of allylic oxidation sites excluding steroid dienone is 4. The first-order valence-electron chi connectivity index (χ1n) is 7.05. The van der Waals surface area contributed by atoms with E-state index in [2.05, 4.69) is 26.8 Å². The molecule has 0 aromatic heterocycles. The molecule has 1 unspecified atom stereocenters. The highest BCUT2D eigenvalue weighted by molar-refractivity contribution is 5.87. The second-order valence-corrected chi connectivity index (χ2v) is 5.24. The molecule has 1 atom stereocenters. The van der Waals surface area contributed by atoms with Gasteiger partial charge in [-0.05, 0) is 60.0 Å². The number of rotatable bonds is 7. The van der Waals surface area contributed by atoms with Crippen LogP contribution >= 0.6 is 0 Å². The fourth-order valence-electron chi connectivity index (χ4n) is 1.76. The normalized spacial score (nSPS) is 14.0. The number of esters is 1. The second-order valence-electron chi connectivity index (χ2n) is 5.24. The molecule has 0 aromatic rings. The summed E-state index contributed by atoms with van der Waals surface area (Å²) in [6, 6.07) is 0. The van der Waals surface area contributed by atoms with Gasteiger partial charge < -0.3 is 4.74 Å². The first kappa shape index (κ1) is 17.7. The smallest absolute Gasteiger partial charge is 0.333 e. The van der Waals surface area contributed by atoms with Crippen molar-refractivity contribution in [3.8, 4) is 0 Å². The third kappa shape index (κ3) is 9.29. The zero-order chi connectivity index (χ0) is 14.8. The van der Waals surface area contributed by atoms with Crippen LogP contribution in [-0.2, 0) is 9.53 Å². The van der Waals surface area contributed by atoms with Crippen molar-refractivity contribution in [1.82, 2.24) is 0 Å². The van der Waals surface area contributed by atoms with E-state index in [0.29, 0.717) is 5.57 Å². The second kappa shape index (κ2) is 9.60. The van der Waals surface area contributed by atoms with Gasteiger partial charge in [-0.2, -0.15) is 0 Å². The van der Waals surface area contributed by atoms with Gasteiger partial charge in [-0.3, -0.25) is 0 Å². The van der Waals surface area contributed by atoms with Crippen molar-refractivity contribution >= 4 is 5.97 Å². The van der Waals surface area contributed by atoms with Gasteiger partial charge >= 0.3 is 5.97 Å². The molecule has 19 heavy (non-hydrogen) atoms. The van der Waals surface area contributed by atoms with Crippen LogP contribution in [0.2, 0.25) is 0 Å². The number of hydrogen-bond acceptors (Lipinski definition) is 2. The van der Waals surface area contributed by atoms with Gasteiger partial charge in [-0.25, -0.2) is 4.79 Å². The minimum atomic E-state index is -0.220. The Morgan fingerprint density at radius 1 is 1.16 bits per heavy atom. The van der Waals surface area contributed by atoms with E-state index in [0.717, 1.165) is 19.3 Å². The molecular formula is C17H28O2. The Bertz CT molecular complexity index is 369. The topological polar surface area (TPSA) is 26.3 Å². The fourth-order valence-corrected chi connectivity index (χ4v) is 1.76. The standard InChI is InChI=1S/C17H28O2/c1-7-9-15(5)17(18)19-16(6)12-14(4)11-8-10-13(2)3/h9-10,12,16H,7-8,11H2,1-6H3/b14-12+,15-9+. The molecule has 0 aliphatic heterocycles. The van der Waals surface area contributed by atoms with Crippen LogP contribution in [0.4, 0.5) is 0 Å². The maximum atomic E-state index is 11.7. The lowest BCUT2D eigenvalue weighted by molar-refractivity contribution is -0.141. The van der Waals surface area contributed by atoms with Gasteiger partial charge in [-0.15, -0.1) is 0 Å². The van der Waals surface area contributed by atoms with Gasteiger partial charge in [0.25, 0.3) is 0 Å². The van der Waals surface area contributed by atoms with Gasteiger partial charge in [0.2, 0.25) is 0 Å². The zero-order valence-electron chi connectivity index (χ0n) is 13.2. The third-order valence-electron chi connectivity index (χ3n) is 2.74. The van der Waals surface area contributed by atoms with E-state index in [1.54, 1.807) is 6.92 Å². The Kier molecular flexibility index (Phi) is 8.94. The molecule has 2 nitrogen and oxygen atoms in total. The van der Waals surface area contributed by atoms with Crippen LogP contribution in [0.1, 0.15) is 60.8 Å². The molecule has 0 N–H and O–H groups in total. The molecule has 0 saturated carbocycles. The van der Waals surface area contributed by atoms with E-state index in [9.17, 15) is 4.79 Å². The van der Waals surface area contributed by atoms with Gasteiger partial charge in [0, 0.05) is 5.57 Å². The maximum Gasteiger partial charge on any atom is 0.333 e. The summed E-state index contributed by atoms with van der Waals surface area (Å²) < 4.78 is 5.36. The molecule has 0 radical (unpaired) electrons. The number of carbonyl (C=O) groups is 1. The monoisotopic (exact) mass is 264 g/mol. The maximum absolute atomic E-state index is 11.7.